The molecule has 0 heterocycles. The number of benzene rings is 3. The molecule has 3 rings (SSSR count). The van der Waals surface area contributed by atoms with Crippen molar-refractivity contribution in [2.24, 2.45) is 0 Å². The van der Waals surface area contributed by atoms with Gasteiger partial charge in [-0.25, -0.2) is 12.8 Å². The Labute approximate surface area is 156 Å². The maximum atomic E-state index is 12.9. The average molecular weight is 385 g/mol. The first-order chi connectivity index (χ1) is 12.8. The minimum absolute atomic E-state index is 0.183. The molecule has 0 aliphatic carbocycles. The number of nitrogens with one attached hydrogen (secondary N) is 1. The first-order valence-corrected chi connectivity index (χ1v) is 9.85. The van der Waals surface area contributed by atoms with Gasteiger partial charge < -0.3 is 10.1 Å². The quantitative estimate of drug-likeness (QED) is 0.712. The molecule has 27 heavy (non-hydrogen) atoms. The summed E-state index contributed by atoms with van der Waals surface area (Å²) in [4.78, 5) is 12.5. The third-order valence-electron chi connectivity index (χ3n) is 3.71. The van der Waals surface area contributed by atoms with Gasteiger partial charge in [0, 0.05) is 17.5 Å². The highest BCUT2D eigenvalue weighted by atomic mass is 32.2. The van der Waals surface area contributed by atoms with E-state index in [4.69, 9.17) is 4.74 Å². The normalized spacial score (nSPS) is 11.0. The first-order valence-electron chi connectivity index (χ1n) is 7.96. The molecular formula is C20H16FNO4S. The molecule has 3 aromatic carbocycles. The number of rotatable bonds is 5. The molecule has 0 aliphatic heterocycles. The topological polar surface area (TPSA) is 72.5 Å². The zero-order valence-electron chi connectivity index (χ0n) is 14.3. The van der Waals surface area contributed by atoms with Crippen LogP contribution >= 0.6 is 0 Å². The Kier molecular flexibility index (Phi) is 5.23. The van der Waals surface area contributed by atoms with Gasteiger partial charge in [-0.3, -0.25) is 4.79 Å². The zero-order chi connectivity index (χ0) is 19.4. The van der Waals surface area contributed by atoms with Crippen molar-refractivity contribution < 1.29 is 22.3 Å². The Bertz CT molecular complexity index is 1040. The molecular weight excluding hydrogens is 369 g/mol. The van der Waals surface area contributed by atoms with Gasteiger partial charge in [-0.2, -0.15) is 0 Å². The lowest BCUT2D eigenvalue weighted by atomic mass is 10.2. The number of anilines is 1. The molecule has 0 aromatic heterocycles. The Morgan fingerprint density at radius 2 is 1.37 bits per heavy atom. The molecule has 0 bridgehead atoms. The lowest BCUT2D eigenvalue weighted by molar-refractivity contribution is 0.102. The molecule has 0 spiro atoms. The lowest BCUT2D eigenvalue weighted by Gasteiger charge is -2.08. The number of carbonyl (C=O) groups is 1. The summed E-state index contributed by atoms with van der Waals surface area (Å²) in [5, 5.41) is 2.70. The second kappa shape index (κ2) is 7.59. The van der Waals surface area contributed by atoms with E-state index in [1.54, 1.807) is 24.3 Å². The van der Waals surface area contributed by atoms with Crippen molar-refractivity contribution in [2.75, 3.05) is 11.6 Å². The van der Waals surface area contributed by atoms with Crippen LogP contribution in [-0.2, 0) is 9.84 Å². The third-order valence-corrected chi connectivity index (χ3v) is 4.83. The van der Waals surface area contributed by atoms with E-state index in [0.29, 0.717) is 22.7 Å². The van der Waals surface area contributed by atoms with Crippen LogP contribution in [0.4, 0.5) is 10.1 Å². The van der Waals surface area contributed by atoms with Crippen molar-refractivity contribution in [1.82, 2.24) is 0 Å². The molecule has 3 aromatic rings. The molecule has 1 N–H and O–H groups in total. The molecule has 1 amide bonds. The molecule has 0 saturated carbocycles. The van der Waals surface area contributed by atoms with E-state index in [9.17, 15) is 17.6 Å². The number of amides is 1. The number of hydrogen-bond donors (Lipinski definition) is 1. The summed E-state index contributed by atoms with van der Waals surface area (Å²) in [5.41, 5.74) is 0.896. The predicted octanol–water partition coefficient (Wildman–Crippen LogP) is 4.27. The minimum atomic E-state index is -3.28. The maximum absolute atomic E-state index is 12.9. The number of hydrogen-bond acceptors (Lipinski definition) is 4. The molecule has 138 valence electrons. The molecule has 7 heteroatoms. The summed E-state index contributed by atoms with van der Waals surface area (Å²) in [7, 11) is -3.28. The Balaban J connectivity index is 1.66. The van der Waals surface area contributed by atoms with Crippen molar-refractivity contribution in [3.05, 3.63) is 84.2 Å². The standard InChI is InChI=1S/C20H16FNO4S/c1-27(24,25)19-12-6-16(7-13-19)22-20(23)14-2-8-17(9-3-14)26-18-10-4-15(21)5-11-18/h2-13H,1H3,(H,22,23). The highest BCUT2D eigenvalue weighted by molar-refractivity contribution is 7.90. The fourth-order valence-corrected chi connectivity index (χ4v) is 2.93. The van der Waals surface area contributed by atoms with Crippen LogP contribution in [0.2, 0.25) is 0 Å². The zero-order valence-corrected chi connectivity index (χ0v) is 15.2. The summed E-state index contributed by atoms with van der Waals surface area (Å²) in [6.45, 7) is 0. The first kappa shape index (κ1) is 18.6. The largest absolute Gasteiger partial charge is 0.457 e. The summed E-state index contributed by atoms with van der Waals surface area (Å²) >= 11 is 0. The van der Waals surface area contributed by atoms with Gasteiger partial charge in [0.2, 0.25) is 0 Å². The van der Waals surface area contributed by atoms with Crippen LogP contribution in [0.5, 0.6) is 11.5 Å². The number of ether oxygens (including phenoxy) is 1. The molecule has 0 fully saturated rings. The van der Waals surface area contributed by atoms with Crippen LogP contribution < -0.4 is 10.1 Å². The van der Waals surface area contributed by atoms with Gasteiger partial charge in [0.25, 0.3) is 5.91 Å². The molecule has 0 atom stereocenters. The van der Waals surface area contributed by atoms with Crippen molar-refractivity contribution in [3.63, 3.8) is 0 Å². The fourth-order valence-electron chi connectivity index (χ4n) is 2.30. The minimum Gasteiger partial charge on any atom is -0.457 e. The number of halogens is 1. The van der Waals surface area contributed by atoms with Crippen LogP contribution in [0.1, 0.15) is 10.4 Å². The van der Waals surface area contributed by atoms with Crippen molar-refractivity contribution in [3.8, 4) is 11.5 Å². The van der Waals surface area contributed by atoms with Gasteiger partial charge in [0.15, 0.2) is 9.84 Å². The van der Waals surface area contributed by atoms with E-state index in [0.717, 1.165) is 6.26 Å². The smallest absolute Gasteiger partial charge is 0.255 e. The van der Waals surface area contributed by atoms with Crippen LogP contribution in [0.3, 0.4) is 0 Å². The summed E-state index contributed by atoms with van der Waals surface area (Å²) < 4.78 is 41.4. The van der Waals surface area contributed by atoms with Crippen LogP contribution in [-0.4, -0.2) is 20.6 Å². The lowest BCUT2D eigenvalue weighted by Crippen LogP contribution is -2.11. The van der Waals surface area contributed by atoms with E-state index < -0.39 is 9.84 Å². The van der Waals surface area contributed by atoms with E-state index in [1.165, 1.54) is 48.5 Å². The van der Waals surface area contributed by atoms with Crippen LogP contribution in [0.15, 0.2) is 77.7 Å². The van der Waals surface area contributed by atoms with E-state index in [-0.39, 0.29) is 16.6 Å². The monoisotopic (exact) mass is 385 g/mol. The second-order valence-corrected chi connectivity index (χ2v) is 7.85. The molecule has 5 nitrogen and oxygen atoms in total. The maximum Gasteiger partial charge on any atom is 0.255 e. The van der Waals surface area contributed by atoms with E-state index in [2.05, 4.69) is 5.32 Å². The van der Waals surface area contributed by atoms with Gasteiger partial charge in [-0.15, -0.1) is 0 Å². The van der Waals surface area contributed by atoms with E-state index in [1.807, 2.05) is 0 Å². The summed E-state index contributed by atoms with van der Waals surface area (Å²) in [5.74, 6) is 0.310. The molecule has 0 unspecified atom stereocenters. The molecule has 0 radical (unpaired) electrons. The van der Waals surface area contributed by atoms with Crippen molar-refractivity contribution in [2.45, 2.75) is 4.90 Å². The number of carbonyl (C=O) groups excluding carboxylic acids is 1. The average Bonchev–Trinajstić information content (AvgIpc) is 2.64. The Morgan fingerprint density at radius 1 is 0.852 bits per heavy atom. The van der Waals surface area contributed by atoms with Gasteiger partial charge in [-0.1, -0.05) is 0 Å². The second-order valence-electron chi connectivity index (χ2n) is 5.83. The van der Waals surface area contributed by atoms with Gasteiger partial charge in [0.05, 0.1) is 4.90 Å². The van der Waals surface area contributed by atoms with E-state index >= 15 is 0 Å². The number of sulfone groups is 1. The summed E-state index contributed by atoms with van der Waals surface area (Å²) in [6.07, 6.45) is 1.12. The molecule has 0 saturated heterocycles. The highest BCUT2D eigenvalue weighted by Crippen LogP contribution is 2.22. The van der Waals surface area contributed by atoms with Gasteiger partial charge in [0.1, 0.15) is 17.3 Å². The SMILES string of the molecule is CS(=O)(=O)c1ccc(NC(=O)c2ccc(Oc3ccc(F)cc3)cc2)cc1. The third kappa shape index (κ3) is 4.92. The van der Waals surface area contributed by atoms with Gasteiger partial charge in [-0.05, 0) is 72.8 Å². The van der Waals surface area contributed by atoms with Crippen molar-refractivity contribution >= 4 is 21.4 Å². The Morgan fingerprint density at radius 3 is 1.89 bits per heavy atom. The highest BCUT2D eigenvalue weighted by Gasteiger charge is 2.09. The Hall–Kier alpha value is -3.19. The van der Waals surface area contributed by atoms with Crippen molar-refractivity contribution in [1.29, 1.82) is 0 Å². The van der Waals surface area contributed by atoms with Crippen LogP contribution in [0.25, 0.3) is 0 Å². The summed E-state index contributed by atoms with van der Waals surface area (Å²) in [6, 6.07) is 18.0. The van der Waals surface area contributed by atoms with Crippen LogP contribution in [0, 0.1) is 5.82 Å². The predicted molar refractivity (Wildman–Crippen MR) is 100 cm³/mol. The molecule has 0 aliphatic rings. The van der Waals surface area contributed by atoms with Gasteiger partial charge >= 0.3 is 0 Å². The fraction of sp³-hybridized carbons (Fsp3) is 0.0500.